The van der Waals surface area contributed by atoms with Gasteiger partial charge >= 0.3 is 0 Å². The van der Waals surface area contributed by atoms with Crippen LogP contribution in [-0.2, 0) is 6.42 Å². The Balaban J connectivity index is 2.12. The number of nitrogens with zero attached hydrogens (tertiary/aromatic N) is 1. The highest BCUT2D eigenvalue weighted by atomic mass is 35.5. The lowest BCUT2D eigenvalue weighted by molar-refractivity contribution is 0.302. The van der Waals surface area contributed by atoms with E-state index >= 15 is 0 Å². The van der Waals surface area contributed by atoms with Crippen molar-refractivity contribution in [3.05, 3.63) is 39.4 Å². The van der Waals surface area contributed by atoms with Crippen LogP contribution >= 0.6 is 31.1 Å². The summed E-state index contributed by atoms with van der Waals surface area (Å²) in [4.78, 5) is 0. The number of halogens is 2. The Morgan fingerprint density at radius 2 is 1.88 bits per heavy atom. The molecule has 1 unspecified atom stereocenters. The number of aromatic hydroxyl groups is 2. The molecule has 4 nitrogen and oxygen atoms in total. The maximum Gasteiger partial charge on any atom is 0.206 e. The van der Waals surface area contributed by atoms with Crippen LogP contribution in [0.15, 0.2) is 18.2 Å². The smallest absolute Gasteiger partial charge is 0.206 e. The average Bonchev–Trinajstić information content (AvgIpc) is 2.82. The summed E-state index contributed by atoms with van der Waals surface area (Å²) in [7, 11) is -0.308. The van der Waals surface area contributed by atoms with Gasteiger partial charge in [0.1, 0.15) is 11.6 Å². The van der Waals surface area contributed by atoms with Crippen LogP contribution in [0, 0.1) is 0 Å². The standard InChI is InChI=1S/C18H20Cl2NO3P/c1-10(25(2)3)24-16-9-15(13(19)8-14(16)20)21-17(22)11-6-4-5-7-12(11)18(21)23/h4,6,8-10,22-23H,5,7H2,1-3H3. The van der Waals surface area contributed by atoms with Crippen LogP contribution in [0.1, 0.15) is 24.5 Å². The maximum atomic E-state index is 10.6. The van der Waals surface area contributed by atoms with E-state index in [1.54, 1.807) is 12.1 Å². The molecule has 25 heavy (non-hydrogen) atoms. The van der Waals surface area contributed by atoms with Crippen LogP contribution in [0.2, 0.25) is 10.0 Å². The highest BCUT2D eigenvalue weighted by molar-refractivity contribution is 7.56. The van der Waals surface area contributed by atoms with Crippen LogP contribution in [0.5, 0.6) is 17.5 Å². The highest BCUT2D eigenvalue weighted by Crippen LogP contribution is 2.44. The summed E-state index contributed by atoms with van der Waals surface area (Å²) < 4.78 is 7.30. The second kappa shape index (κ2) is 7.11. The fourth-order valence-corrected chi connectivity index (χ4v) is 3.60. The third-order valence-electron chi connectivity index (χ3n) is 4.37. The number of aromatic nitrogens is 1. The van der Waals surface area contributed by atoms with Gasteiger partial charge in [-0.1, -0.05) is 43.3 Å². The lowest BCUT2D eigenvalue weighted by atomic mass is 10.0. The van der Waals surface area contributed by atoms with Crippen LogP contribution < -0.4 is 4.74 Å². The van der Waals surface area contributed by atoms with Gasteiger partial charge < -0.3 is 14.9 Å². The van der Waals surface area contributed by atoms with Crippen molar-refractivity contribution in [2.24, 2.45) is 0 Å². The van der Waals surface area contributed by atoms with E-state index in [1.165, 1.54) is 4.57 Å². The largest absolute Gasteiger partial charge is 0.494 e. The first-order valence-corrected chi connectivity index (χ1v) is 11.0. The second-order valence-corrected chi connectivity index (χ2v) is 9.70. The molecule has 0 aliphatic heterocycles. The maximum absolute atomic E-state index is 10.6. The van der Waals surface area contributed by atoms with Gasteiger partial charge in [-0.2, -0.15) is 0 Å². The lowest BCUT2D eigenvalue weighted by Crippen LogP contribution is -2.09. The van der Waals surface area contributed by atoms with Crippen molar-refractivity contribution in [1.29, 1.82) is 0 Å². The summed E-state index contributed by atoms with van der Waals surface area (Å²) in [5.74, 6) is 0.448. The molecule has 1 heterocycles. The second-order valence-electron chi connectivity index (χ2n) is 6.23. The van der Waals surface area contributed by atoms with E-state index in [1.807, 2.05) is 19.1 Å². The zero-order valence-corrected chi connectivity index (χ0v) is 16.7. The number of hydrogen-bond acceptors (Lipinski definition) is 3. The minimum absolute atomic E-state index is 0.00620. The first-order valence-electron chi connectivity index (χ1n) is 7.95. The lowest BCUT2D eigenvalue weighted by Gasteiger charge is -2.20. The average molecular weight is 400 g/mol. The summed E-state index contributed by atoms with van der Waals surface area (Å²) >= 11 is 12.6. The van der Waals surface area contributed by atoms with E-state index in [-0.39, 0.29) is 25.5 Å². The molecule has 1 aliphatic carbocycles. The topological polar surface area (TPSA) is 54.6 Å². The van der Waals surface area contributed by atoms with Crippen molar-refractivity contribution in [2.45, 2.75) is 25.6 Å². The summed E-state index contributed by atoms with van der Waals surface area (Å²) in [6.45, 7) is 6.23. The Morgan fingerprint density at radius 1 is 1.16 bits per heavy atom. The monoisotopic (exact) mass is 399 g/mol. The molecular weight excluding hydrogens is 380 g/mol. The molecule has 1 aliphatic rings. The van der Waals surface area contributed by atoms with E-state index in [0.717, 1.165) is 6.42 Å². The quantitative estimate of drug-likeness (QED) is 0.655. The minimum atomic E-state index is -0.308. The fraction of sp³-hybridized carbons (Fsp3) is 0.333. The fourth-order valence-electron chi connectivity index (χ4n) is 2.76. The molecule has 1 atom stereocenters. The van der Waals surface area contributed by atoms with Gasteiger partial charge in [0, 0.05) is 17.2 Å². The molecule has 1 aromatic carbocycles. The van der Waals surface area contributed by atoms with Gasteiger partial charge in [0.25, 0.3) is 0 Å². The van der Waals surface area contributed by atoms with Gasteiger partial charge in [0.15, 0.2) is 0 Å². The van der Waals surface area contributed by atoms with Crippen LogP contribution in [0.4, 0.5) is 0 Å². The Bertz CT molecular complexity index is 846. The number of benzene rings is 1. The number of rotatable bonds is 4. The molecule has 0 spiro atoms. The molecule has 134 valence electrons. The molecule has 0 fully saturated rings. The molecular formula is C18H20Cl2NO3P. The van der Waals surface area contributed by atoms with Crippen molar-refractivity contribution in [1.82, 2.24) is 4.57 Å². The van der Waals surface area contributed by atoms with E-state index in [2.05, 4.69) is 13.3 Å². The number of fused-ring (bicyclic) bond motifs is 1. The molecule has 2 aromatic rings. The molecule has 7 heteroatoms. The SMILES string of the molecule is CC(Oc1cc(-n2c(O)c3c(c2O)CCC=C3)c(Cl)cc1Cl)P(C)C. The normalized spacial score (nSPS) is 14.6. The molecule has 3 rings (SSSR count). The molecule has 0 amide bonds. The number of ether oxygens (including phenoxy) is 1. The van der Waals surface area contributed by atoms with Crippen molar-refractivity contribution in [2.75, 3.05) is 13.3 Å². The Hall–Kier alpha value is -1.35. The molecule has 1 aromatic heterocycles. The van der Waals surface area contributed by atoms with Gasteiger partial charge in [-0.15, -0.1) is 0 Å². The third-order valence-corrected chi connectivity index (χ3v) is 6.53. The Labute approximate surface area is 158 Å². The predicted molar refractivity (Wildman–Crippen MR) is 105 cm³/mol. The van der Waals surface area contributed by atoms with Crippen LogP contribution in [0.3, 0.4) is 0 Å². The predicted octanol–water partition coefficient (Wildman–Crippen LogP) is 5.62. The molecule has 0 radical (unpaired) electrons. The van der Waals surface area contributed by atoms with E-state index in [9.17, 15) is 10.2 Å². The summed E-state index contributed by atoms with van der Waals surface area (Å²) in [6, 6.07) is 3.23. The number of hydrogen-bond donors (Lipinski definition) is 2. The summed E-state index contributed by atoms with van der Waals surface area (Å²) in [5.41, 5.74) is 1.77. The van der Waals surface area contributed by atoms with Crippen molar-refractivity contribution < 1.29 is 14.9 Å². The Kier molecular flexibility index (Phi) is 5.24. The van der Waals surface area contributed by atoms with Gasteiger partial charge in [-0.3, -0.25) is 0 Å². The van der Waals surface area contributed by atoms with Gasteiger partial charge in [0.05, 0.1) is 15.7 Å². The molecule has 2 N–H and O–H groups in total. The van der Waals surface area contributed by atoms with Gasteiger partial charge in [-0.25, -0.2) is 4.57 Å². The zero-order chi connectivity index (χ0) is 18.3. The first-order chi connectivity index (χ1) is 11.8. The third kappa shape index (κ3) is 3.36. The van der Waals surface area contributed by atoms with Crippen molar-refractivity contribution >= 4 is 37.2 Å². The van der Waals surface area contributed by atoms with E-state index in [4.69, 9.17) is 27.9 Å². The molecule has 0 bridgehead atoms. The molecule has 0 saturated heterocycles. The van der Waals surface area contributed by atoms with Crippen LogP contribution in [-0.4, -0.2) is 34.0 Å². The van der Waals surface area contributed by atoms with Crippen molar-refractivity contribution in [3.63, 3.8) is 0 Å². The number of allylic oxidation sites excluding steroid dienone is 1. The summed E-state index contributed by atoms with van der Waals surface area (Å²) in [6.07, 6.45) is 5.27. The van der Waals surface area contributed by atoms with Crippen LogP contribution in [0.25, 0.3) is 11.8 Å². The van der Waals surface area contributed by atoms with E-state index < -0.39 is 0 Å². The van der Waals surface area contributed by atoms with Crippen molar-refractivity contribution in [3.8, 4) is 23.2 Å². The molecule has 0 saturated carbocycles. The highest BCUT2D eigenvalue weighted by Gasteiger charge is 2.25. The zero-order valence-electron chi connectivity index (χ0n) is 14.3. The van der Waals surface area contributed by atoms with Gasteiger partial charge in [-0.05, 0) is 39.2 Å². The van der Waals surface area contributed by atoms with E-state index in [0.29, 0.717) is 39.0 Å². The summed E-state index contributed by atoms with van der Waals surface area (Å²) in [5, 5.41) is 21.9. The first kappa shape index (κ1) is 18.4. The Morgan fingerprint density at radius 3 is 2.52 bits per heavy atom. The van der Waals surface area contributed by atoms with Gasteiger partial charge in [0.2, 0.25) is 11.8 Å². The minimum Gasteiger partial charge on any atom is -0.494 e.